The summed E-state index contributed by atoms with van der Waals surface area (Å²) in [6.45, 7) is 4.63. The molecule has 0 aliphatic carbocycles. The van der Waals surface area contributed by atoms with Gasteiger partial charge in [0.1, 0.15) is 11.2 Å². The summed E-state index contributed by atoms with van der Waals surface area (Å²) < 4.78 is 31.8. The maximum absolute atomic E-state index is 12.9. The second-order valence-electron chi connectivity index (χ2n) is 8.44. The topological polar surface area (TPSA) is 127 Å². The molecule has 0 amide bonds. The van der Waals surface area contributed by atoms with Crippen LogP contribution >= 0.6 is 0 Å². The number of aryl methyl sites for hydroxylation is 1. The number of hydrogen-bond acceptors (Lipinski definition) is 8. The minimum atomic E-state index is -3.19. The van der Waals surface area contributed by atoms with Crippen molar-refractivity contribution < 1.29 is 18.3 Å². The zero-order valence-corrected chi connectivity index (χ0v) is 18.1. The Labute approximate surface area is 174 Å². The van der Waals surface area contributed by atoms with Gasteiger partial charge in [0.15, 0.2) is 0 Å². The van der Waals surface area contributed by atoms with Crippen LogP contribution in [0.5, 0.6) is 0 Å². The number of anilines is 1. The predicted octanol–water partition coefficient (Wildman–Crippen LogP) is 0.258. The summed E-state index contributed by atoms with van der Waals surface area (Å²) in [7, 11) is -3.19. The van der Waals surface area contributed by atoms with Gasteiger partial charge in [-0.05, 0) is 32.8 Å². The third-order valence-corrected chi connectivity index (χ3v) is 7.21. The standard InChI is InChI=1S/C19H27N5O5S/c1-12-8-13-9-20-18(21-14-4-6-23(7-5-14)30(3,27)28)22-16(13)24(17(12)25)15-10-29-11-19(15,2)26/h8-9,14-15,26H,4-7,10-11H2,1-3H3,(H,20,21,22). The van der Waals surface area contributed by atoms with E-state index in [1.807, 2.05) is 0 Å². The molecule has 0 bridgehead atoms. The number of ether oxygens (including phenoxy) is 1. The molecule has 10 nitrogen and oxygen atoms in total. The van der Waals surface area contributed by atoms with Crippen molar-refractivity contribution >= 4 is 27.0 Å². The smallest absolute Gasteiger partial charge is 0.255 e. The van der Waals surface area contributed by atoms with Gasteiger partial charge in [0, 0.05) is 36.3 Å². The third-order valence-electron chi connectivity index (χ3n) is 5.91. The van der Waals surface area contributed by atoms with Crippen molar-refractivity contribution in [2.45, 2.75) is 44.4 Å². The summed E-state index contributed by atoms with van der Waals surface area (Å²) in [6, 6.07) is 1.23. The number of sulfonamides is 1. The van der Waals surface area contributed by atoms with E-state index in [0.29, 0.717) is 48.5 Å². The summed E-state index contributed by atoms with van der Waals surface area (Å²) in [6.07, 6.45) is 4.15. The molecule has 4 rings (SSSR count). The number of pyridine rings is 1. The molecule has 0 saturated carbocycles. The zero-order valence-electron chi connectivity index (χ0n) is 17.3. The SMILES string of the molecule is Cc1cc2cnc(NC3CCN(S(C)(=O)=O)CC3)nc2n(C2COCC2(C)O)c1=O. The highest BCUT2D eigenvalue weighted by molar-refractivity contribution is 7.88. The first kappa shape index (κ1) is 21.2. The van der Waals surface area contributed by atoms with Crippen molar-refractivity contribution in [3.8, 4) is 0 Å². The Hall–Kier alpha value is -2.08. The molecular weight excluding hydrogens is 410 g/mol. The largest absolute Gasteiger partial charge is 0.385 e. The molecule has 0 aromatic carbocycles. The predicted molar refractivity (Wildman–Crippen MR) is 112 cm³/mol. The lowest BCUT2D eigenvalue weighted by Crippen LogP contribution is -2.42. The third kappa shape index (κ3) is 3.94. The maximum atomic E-state index is 12.9. The quantitative estimate of drug-likeness (QED) is 0.697. The maximum Gasteiger partial charge on any atom is 0.255 e. The van der Waals surface area contributed by atoms with Crippen LogP contribution in [0.1, 0.15) is 31.4 Å². The molecule has 4 heterocycles. The molecule has 11 heteroatoms. The molecule has 2 unspecified atom stereocenters. The highest BCUT2D eigenvalue weighted by Crippen LogP contribution is 2.31. The fourth-order valence-electron chi connectivity index (χ4n) is 4.14. The minimum Gasteiger partial charge on any atom is -0.385 e. The molecule has 2 aromatic heterocycles. The first-order chi connectivity index (χ1) is 14.1. The number of rotatable bonds is 4. The van der Waals surface area contributed by atoms with Gasteiger partial charge in [-0.15, -0.1) is 0 Å². The Morgan fingerprint density at radius 2 is 2.03 bits per heavy atom. The van der Waals surface area contributed by atoms with Gasteiger partial charge in [0.25, 0.3) is 5.56 Å². The highest BCUT2D eigenvalue weighted by Gasteiger charge is 2.41. The van der Waals surface area contributed by atoms with E-state index in [1.165, 1.54) is 15.1 Å². The average Bonchev–Trinajstić information content (AvgIpc) is 3.02. The molecule has 0 radical (unpaired) electrons. The number of aliphatic hydroxyl groups is 1. The Balaban J connectivity index is 1.65. The molecular formula is C19H27N5O5S. The van der Waals surface area contributed by atoms with Crippen LogP contribution < -0.4 is 10.9 Å². The second-order valence-corrected chi connectivity index (χ2v) is 10.4. The molecule has 0 spiro atoms. The average molecular weight is 438 g/mol. The van der Waals surface area contributed by atoms with Crippen molar-refractivity contribution in [2.24, 2.45) is 0 Å². The molecule has 2 N–H and O–H groups in total. The van der Waals surface area contributed by atoms with E-state index < -0.39 is 21.7 Å². The van der Waals surface area contributed by atoms with Crippen molar-refractivity contribution in [3.05, 3.63) is 28.2 Å². The van der Waals surface area contributed by atoms with E-state index in [-0.39, 0.29) is 24.8 Å². The van der Waals surface area contributed by atoms with Crippen molar-refractivity contribution in [1.29, 1.82) is 0 Å². The van der Waals surface area contributed by atoms with Gasteiger partial charge >= 0.3 is 0 Å². The van der Waals surface area contributed by atoms with E-state index >= 15 is 0 Å². The number of aromatic nitrogens is 3. The van der Waals surface area contributed by atoms with Crippen LogP contribution in [0, 0.1) is 6.92 Å². The van der Waals surface area contributed by atoms with E-state index in [1.54, 1.807) is 26.1 Å². The molecule has 2 atom stereocenters. The normalized spacial score (nSPS) is 26.3. The summed E-state index contributed by atoms with van der Waals surface area (Å²) in [4.78, 5) is 21.9. The molecule has 30 heavy (non-hydrogen) atoms. The first-order valence-electron chi connectivity index (χ1n) is 9.97. The lowest BCUT2D eigenvalue weighted by Gasteiger charge is -2.30. The van der Waals surface area contributed by atoms with Gasteiger partial charge in [-0.25, -0.2) is 17.7 Å². The van der Waals surface area contributed by atoms with Crippen LogP contribution in [0.15, 0.2) is 17.1 Å². The van der Waals surface area contributed by atoms with Crippen molar-refractivity contribution in [3.63, 3.8) is 0 Å². The summed E-state index contributed by atoms with van der Waals surface area (Å²) in [5.74, 6) is 0.371. The van der Waals surface area contributed by atoms with Crippen LogP contribution in [0.3, 0.4) is 0 Å². The Bertz CT molecular complexity index is 1120. The monoisotopic (exact) mass is 437 g/mol. The summed E-state index contributed by atoms with van der Waals surface area (Å²) in [5, 5.41) is 14.7. The molecule has 2 fully saturated rings. The second kappa shape index (κ2) is 7.56. The van der Waals surface area contributed by atoms with Gasteiger partial charge in [0.2, 0.25) is 16.0 Å². The molecule has 2 saturated heterocycles. The lowest BCUT2D eigenvalue weighted by molar-refractivity contribution is 0.0223. The summed E-state index contributed by atoms with van der Waals surface area (Å²) in [5.41, 5.74) is -0.416. The van der Waals surface area contributed by atoms with E-state index in [9.17, 15) is 18.3 Å². The fraction of sp³-hybridized carbons (Fsp3) is 0.632. The van der Waals surface area contributed by atoms with Crippen LogP contribution in [0.4, 0.5) is 5.95 Å². The zero-order chi connectivity index (χ0) is 21.7. The minimum absolute atomic E-state index is 0.0315. The Morgan fingerprint density at radius 1 is 1.33 bits per heavy atom. The Morgan fingerprint density at radius 3 is 2.63 bits per heavy atom. The summed E-state index contributed by atoms with van der Waals surface area (Å²) >= 11 is 0. The van der Waals surface area contributed by atoms with Crippen LogP contribution in [-0.4, -0.2) is 76.6 Å². The van der Waals surface area contributed by atoms with E-state index in [2.05, 4.69) is 15.3 Å². The van der Waals surface area contributed by atoms with Gasteiger partial charge in [0.05, 0.1) is 25.5 Å². The number of piperidine rings is 1. The van der Waals surface area contributed by atoms with E-state index in [4.69, 9.17) is 4.74 Å². The number of fused-ring (bicyclic) bond motifs is 1. The number of hydrogen-bond donors (Lipinski definition) is 2. The highest BCUT2D eigenvalue weighted by atomic mass is 32.2. The molecule has 2 aliphatic rings. The number of nitrogens with one attached hydrogen (secondary N) is 1. The molecule has 2 aliphatic heterocycles. The van der Waals surface area contributed by atoms with Crippen LogP contribution in [0.25, 0.3) is 11.0 Å². The fourth-order valence-corrected chi connectivity index (χ4v) is 5.01. The van der Waals surface area contributed by atoms with E-state index in [0.717, 1.165) is 0 Å². The van der Waals surface area contributed by atoms with Crippen LogP contribution in [-0.2, 0) is 14.8 Å². The lowest BCUT2D eigenvalue weighted by atomic mass is 10.00. The number of nitrogens with zero attached hydrogens (tertiary/aromatic N) is 4. The van der Waals surface area contributed by atoms with Gasteiger partial charge in [-0.1, -0.05) is 0 Å². The van der Waals surface area contributed by atoms with Crippen LogP contribution in [0.2, 0.25) is 0 Å². The van der Waals surface area contributed by atoms with Gasteiger partial charge in [-0.3, -0.25) is 9.36 Å². The van der Waals surface area contributed by atoms with Gasteiger partial charge in [-0.2, -0.15) is 4.98 Å². The first-order valence-corrected chi connectivity index (χ1v) is 11.8. The molecule has 2 aromatic rings. The van der Waals surface area contributed by atoms with Gasteiger partial charge < -0.3 is 15.2 Å². The Kier molecular flexibility index (Phi) is 5.33. The van der Waals surface area contributed by atoms with Crippen molar-refractivity contribution in [1.82, 2.24) is 18.8 Å². The molecule has 164 valence electrons. The van der Waals surface area contributed by atoms with Crippen molar-refractivity contribution in [2.75, 3.05) is 37.9 Å².